The highest BCUT2D eigenvalue weighted by Crippen LogP contribution is 2.23. The number of rotatable bonds is 6. The summed E-state index contributed by atoms with van der Waals surface area (Å²) in [5.74, 6) is -0.0858. The van der Waals surface area contributed by atoms with Crippen molar-refractivity contribution in [2.45, 2.75) is 44.8 Å². The molecule has 0 aromatic heterocycles. The van der Waals surface area contributed by atoms with Crippen LogP contribution in [0, 0.1) is 0 Å². The maximum Gasteiger partial charge on any atom is 0.264 e. The second-order valence-electron chi connectivity index (χ2n) is 5.25. The molecular weight excluding hydrogens is 242 g/mol. The summed E-state index contributed by atoms with van der Waals surface area (Å²) in [5.41, 5.74) is 0. The Hall–Kier alpha value is 0.0869. The van der Waals surface area contributed by atoms with E-state index < -0.39 is 18.4 Å². The lowest BCUT2D eigenvalue weighted by Gasteiger charge is -2.33. The molecule has 0 amide bonds. The van der Waals surface area contributed by atoms with Gasteiger partial charge in [0.05, 0.1) is 5.75 Å². The third kappa shape index (κ3) is 4.95. The van der Waals surface area contributed by atoms with Crippen molar-refractivity contribution in [3.05, 3.63) is 0 Å². The summed E-state index contributed by atoms with van der Waals surface area (Å²) >= 11 is 0. The third-order valence-corrected chi connectivity index (χ3v) is 7.94. The molecule has 1 saturated heterocycles. The van der Waals surface area contributed by atoms with E-state index >= 15 is 0 Å². The summed E-state index contributed by atoms with van der Waals surface area (Å²) in [6, 6.07) is 1.13. The van der Waals surface area contributed by atoms with E-state index in [1.807, 2.05) is 0 Å². The van der Waals surface area contributed by atoms with E-state index in [0.717, 1.165) is 12.5 Å². The largest absolute Gasteiger partial charge is 0.324 e. The average molecular weight is 265 g/mol. The number of hydrogen-bond donors (Lipinski definition) is 1. The molecule has 1 rings (SSSR count). The zero-order valence-electron chi connectivity index (χ0n) is 10.3. The van der Waals surface area contributed by atoms with Gasteiger partial charge in [-0.25, -0.2) is 0 Å². The summed E-state index contributed by atoms with van der Waals surface area (Å²) in [6.07, 6.45) is 4.11. The van der Waals surface area contributed by atoms with E-state index in [9.17, 15) is 8.42 Å². The van der Waals surface area contributed by atoms with Gasteiger partial charge in [0.1, 0.15) is 8.24 Å². The second-order valence-corrected chi connectivity index (χ2v) is 11.6. The summed E-state index contributed by atoms with van der Waals surface area (Å²) in [7, 11) is -5.07. The van der Waals surface area contributed by atoms with Gasteiger partial charge >= 0.3 is 0 Å². The smallest absolute Gasteiger partial charge is 0.264 e. The first kappa shape index (κ1) is 14.1. The Morgan fingerprint density at radius 2 is 1.75 bits per heavy atom. The molecule has 0 aliphatic carbocycles. The van der Waals surface area contributed by atoms with Gasteiger partial charge in [0.25, 0.3) is 10.1 Å². The molecule has 0 aromatic rings. The Labute approximate surface area is 99.9 Å². The fourth-order valence-electron chi connectivity index (χ4n) is 2.32. The zero-order valence-corrected chi connectivity index (χ0v) is 12.1. The van der Waals surface area contributed by atoms with E-state index in [2.05, 4.69) is 17.7 Å². The fourth-order valence-corrected chi connectivity index (χ4v) is 5.85. The molecule has 0 unspecified atom stereocenters. The second kappa shape index (κ2) is 5.62. The van der Waals surface area contributed by atoms with Gasteiger partial charge in [0, 0.05) is 0 Å². The molecule has 6 heteroatoms. The molecule has 0 aromatic carbocycles. The molecule has 1 aliphatic rings. The van der Waals surface area contributed by atoms with Gasteiger partial charge in [-0.05, 0) is 38.4 Å². The van der Waals surface area contributed by atoms with Gasteiger partial charge in [-0.15, -0.1) is 0 Å². The van der Waals surface area contributed by atoms with Crippen LogP contribution >= 0.6 is 0 Å². The Morgan fingerprint density at radius 1 is 1.19 bits per heavy atom. The van der Waals surface area contributed by atoms with Crippen LogP contribution in [-0.4, -0.2) is 44.6 Å². The highest BCUT2D eigenvalue weighted by Gasteiger charge is 2.30. The Morgan fingerprint density at radius 3 is 2.25 bits per heavy atom. The molecule has 0 bridgehead atoms. The predicted octanol–water partition coefficient (Wildman–Crippen LogP) is 1.96. The van der Waals surface area contributed by atoms with Crippen molar-refractivity contribution in [3.63, 3.8) is 0 Å². The van der Waals surface area contributed by atoms with E-state index in [4.69, 9.17) is 4.55 Å². The highest BCUT2D eigenvalue weighted by atomic mass is 32.2. The van der Waals surface area contributed by atoms with Crippen LogP contribution in [0.5, 0.6) is 0 Å². The quantitative estimate of drug-likeness (QED) is 0.453. The summed E-state index contributed by atoms with van der Waals surface area (Å²) < 4.78 is 32.4. The highest BCUT2D eigenvalue weighted by molar-refractivity contribution is 7.85. The molecule has 96 valence electrons. The van der Waals surface area contributed by atoms with E-state index in [0.29, 0.717) is 6.42 Å². The van der Waals surface area contributed by atoms with Gasteiger partial charge in [-0.2, -0.15) is 8.42 Å². The Bertz CT molecular complexity index is 310. The average Bonchev–Trinajstić information content (AvgIpc) is 2.64. The molecule has 0 saturated carbocycles. The molecule has 1 N–H and O–H groups in total. The summed E-state index contributed by atoms with van der Waals surface area (Å²) in [4.78, 5) is 0. The van der Waals surface area contributed by atoms with Crippen LogP contribution in [-0.2, 0) is 10.1 Å². The maximum absolute atomic E-state index is 10.6. The van der Waals surface area contributed by atoms with Crippen LogP contribution < -0.4 is 0 Å². The van der Waals surface area contributed by atoms with E-state index in [-0.39, 0.29) is 5.75 Å². The standard InChI is InChI=1S/C10H23NO3SSi/c1-16(2,11-7-3-4-8-11)10-6-5-9-15(12,13)14/h3-10H2,1-2H3,(H,12,13,14). The minimum atomic E-state index is -3.76. The van der Waals surface area contributed by atoms with Crippen molar-refractivity contribution in [2.75, 3.05) is 18.8 Å². The summed E-state index contributed by atoms with van der Waals surface area (Å²) in [5, 5.41) is 0. The normalized spacial score (nSPS) is 19.2. The van der Waals surface area contributed by atoms with Crippen molar-refractivity contribution in [2.24, 2.45) is 0 Å². The molecular formula is C10H23NO3SSi. The van der Waals surface area contributed by atoms with Crippen molar-refractivity contribution in [3.8, 4) is 0 Å². The van der Waals surface area contributed by atoms with E-state index in [1.165, 1.54) is 25.9 Å². The lowest BCUT2D eigenvalue weighted by atomic mass is 10.4. The SMILES string of the molecule is C[Si](C)(CCCCS(=O)(=O)O)N1CCCC1. The van der Waals surface area contributed by atoms with Crippen LogP contribution in [0.4, 0.5) is 0 Å². The predicted molar refractivity (Wildman–Crippen MR) is 68.7 cm³/mol. The van der Waals surface area contributed by atoms with Crippen LogP contribution in [0.25, 0.3) is 0 Å². The first-order valence-electron chi connectivity index (χ1n) is 6.01. The number of nitrogens with zero attached hydrogens (tertiary/aromatic N) is 1. The molecule has 1 aliphatic heterocycles. The van der Waals surface area contributed by atoms with Gasteiger partial charge in [-0.1, -0.05) is 19.5 Å². The van der Waals surface area contributed by atoms with Crippen molar-refractivity contribution >= 4 is 18.4 Å². The van der Waals surface area contributed by atoms with Crippen molar-refractivity contribution in [1.29, 1.82) is 0 Å². The first-order chi connectivity index (χ1) is 7.31. The molecule has 1 heterocycles. The lowest BCUT2D eigenvalue weighted by molar-refractivity contribution is 0.479. The fraction of sp³-hybridized carbons (Fsp3) is 1.00. The maximum atomic E-state index is 10.6. The van der Waals surface area contributed by atoms with Crippen LogP contribution in [0.2, 0.25) is 19.1 Å². The molecule has 0 atom stereocenters. The minimum absolute atomic E-state index is 0.0858. The number of unbranched alkanes of at least 4 members (excludes halogenated alkanes) is 1. The van der Waals surface area contributed by atoms with Gasteiger partial charge in [0.2, 0.25) is 0 Å². The number of hydrogen-bond acceptors (Lipinski definition) is 3. The topological polar surface area (TPSA) is 57.6 Å². The molecule has 4 nitrogen and oxygen atoms in total. The van der Waals surface area contributed by atoms with Crippen molar-refractivity contribution < 1.29 is 13.0 Å². The molecule has 1 fully saturated rings. The Kier molecular flexibility index (Phi) is 4.97. The third-order valence-electron chi connectivity index (χ3n) is 3.40. The monoisotopic (exact) mass is 265 g/mol. The van der Waals surface area contributed by atoms with Crippen LogP contribution in [0.1, 0.15) is 25.7 Å². The van der Waals surface area contributed by atoms with Gasteiger partial charge in [0.15, 0.2) is 0 Å². The molecule has 0 radical (unpaired) electrons. The van der Waals surface area contributed by atoms with Crippen LogP contribution in [0.15, 0.2) is 0 Å². The minimum Gasteiger partial charge on any atom is -0.324 e. The van der Waals surface area contributed by atoms with Gasteiger partial charge < -0.3 is 4.57 Å². The Balaban J connectivity index is 2.25. The van der Waals surface area contributed by atoms with Crippen molar-refractivity contribution in [1.82, 2.24) is 4.57 Å². The lowest BCUT2D eigenvalue weighted by Crippen LogP contribution is -2.46. The van der Waals surface area contributed by atoms with Gasteiger partial charge in [-0.3, -0.25) is 4.55 Å². The zero-order chi connectivity index (χ0) is 12.2. The molecule has 0 spiro atoms. The first-order valence-corrected chi connectivity index (χ1v) is 10.8. The van der Waals surface area contributed by atoms with E-state index in [1.54, 1.807) is 0 Å². The summed E-state index contributed by atoms with van der Waals surface area (Å²) in [6.45, 7) is 7.15. The van der Waals surface area contributed by atoms with Crippen LogP contribution in [0.3, 0.4) is 0 Å². The molecule has 16 heavy (non-hydrogen) atoms.